The molecular formula is C14H15BN2O4. The molecule has 0 saturated heterocycles. The van der Waals surface area contributed by atoms with Crippen LogP contribution in [0.3, 0.4) is 0 Å². The molecule has 3 rings (SSSR count). The van der Waals surface area contributed by atoms with Crippen LogP contribution < -0.4 is 4.81 Å². The van der Waals surface area contributed by atoms with Crippen LogP contribution in [-0.4, -0.2) is 41.8 Å². The molecule has 21 heavy (non-hydrogen) atoms. The van der Waals surface area contributed by atoms with Gasteiger partial charge in [0.1, 0.15) is 11.3 Å². The summed E-state index contributed by atoms with van der Waals surface area (Å²) in [6.45, 7) is 2.34. The molecule has 2 aromatic rings. The van der Waals surface area contributed by atoms with Gasteiger partial charge in [0, 0.05) is 29.9 Å². The van der Waals surface area contributed by atoms with Crippen molar-refractivity contribution in [2.45, 2.75) is 13.2 Å². The summed E-state index contributed by atoms with van der Waals surface area (Å²) < 4.78 is 4.70. The van der Waals surface area contributed by atoms with Gasteiger partial charge in [-0.1, -0.05) is 0 Å². The van der Waals surface area contributed by atoms with Crippen LogP contribution in [0, 0.1) is 0 Å². The summed E-state index contributed by atoms with van der Waals surface area (Å²) in [4.78, 5) is 17.6. The van der Waals surface area contributed by atoms with E-state index >= 15 is 0 Å². The fraction of sp³-hybridized carbons (Fsp3) is 0.286. The number of hydrogen-bond acceptors (Lipinski definition) is 6. The highest BCUT2D eigenvalue weighted by Gasteiger charge is 2.28. The van der Waals surface area contributed by atoms with Gasteiger partial charge in [-0.05, 0) is 24.9 Å². The lowest BCUT2D eigenvalue weighted by molar-refractivity contribution is 0.0600. The Morgan fingerprint density at radius 3 is 2.90 bits per heavy atom. The van der Waals surface area contributed by atoms with E-state index in [9.17, 15) is 14.9 Å². The van der Waals surface area contributed by atoms with Crippen molar-refractivity contribution >= 4 is 29.6 Å². The maximum Gasteiger partial charge on any atom is 0.409 e. The lowest BCUT2D eigenvalue weighted by Crippen LogP contribution is -2.35. The van der Waals surface area contributed by atoms with Crippen molar-refractivity contribution in [1.82, 2.24) is 4.98 Å². The zero-order valence-corrected chi connectivity index (χ0v) is 11.8. The molecule has 0 spiro atoms. The summed E-state index contributed by atoms with van der Waals surface area (Å²) >= 11 is 0. The maximum absolute atomic E-state index is 11.6. The monoisotopic (exact) mass is 286 g/mol. The Kier molecular flexibility index (Phi) is 3.21. The molecule has 6 nitrogen and oxygen atoms in total. The first-order valence-corrected chi connectivity index (χ1v) is 6.70. The lowest BCUT2D eigenvalue weighted by Gasteiger charge is -2.20. The van der Waals surface area contributed by atoms with Gasteiger partial charge >= 0.3 is 13.0 Å². The molecule has 108 valence electrons. The van der Waals surface area contributed by atoms with Crippen molar-refractivity contribution in [2.24, 2.45) is 0 Å². The number of rotatable bonds is 2. The number of nitrogens with zero attached hydrogens (tertiary/aromatic N) is 2. The quantitative estimate of drug-likeness (QED) is 0.637. The number of esters is 1. The Hall–Kier alpha value is -2.28. The number of phenols is 1. The second-order valence-electron chi connectivity index (χ2n) is 5.08. The van der Waals surface area contributed by atoms with Gasteiger partial charge in [-0.3, -0.25) is 4.98 Å². The number of fused-ring (bicyclic) bond motifs is 3. The zero-order chi connectivity index (χ0) is 15.1. The first-order valence-electron chi connectivity index (χ1n) is 6.70. The topological polar surface area (TPSA) is 82.9 Å². The van der Waals surface area contributed by atoms with E-state index in [1.165, 1.54) is 13.3 Å². The summed E-state index contributed by atoms with van der Waals surface area (Å²) in [5.74, 6) is -0.431. The highest BCUT2D eigenvalue weighted by molar-refractivity contribution is 6.54. The number of aromatic nitrogens is 1. The summed E-state index contributed by atoms with van der Waals surface area (Å²) in [7, 11) is 0.675. The molecular weight excluding hydrogens is 271 g/mol. The van der Waals surface area contributed by atoms with Crippen LogP contribution in [0.5, 0.6) is 5.75 Å². The van der Waals surface area contributed by atoms with Gasteiger partial charge in [0.05, 0.1) is 12.7 Å². The van der Waals surface area contributed by atoms with Gasteiger partial charge in [-0.2, -0.15) is 0 Å². The van der Waals surface area contributed by atoms with Crippen LogP contribution >= 0.6 is 0 Å². The summed E-state index contributed by atoms with van der Waals surface area (Å²) in [6.07, 6.45) is 2.12. The SMILES string of the molecule is COC(=O)c1cnc2c(O)cc3c(c2c1)CCN3B(C)O. The molecule has 0 saturated carbocycles. The highest BCUT2D eigenvalue weighted by Crippen LogP contribution is 2.39. The maximum atomic E-state index is 11.6. The van der Waals surface area contributed by atoms with E-state index in [4.69, 9.17) is 4.74 Å². The first kappa shape index (κ1) is 13.7. The summed E-state index contributed by atoms with van der Waals surface area (Å²) in [5.41, 5.74) is 2.54. The fourth-order valence-corrected chi connectivity index (χ4v) is 2.81. The van der Waals surface area contributed by atoms with E-state index in [0.717, 1.165) is 23.1 Å². The number of ether oxygens (including phenoxy) is 1. The molecule has 1 aliphatic rings. The molecule has 0 bridgehead atoms. The van der Waals surface area contributed by atoms with Crippen molar-refractivity contribution in [3.8, 4) is 5.75 Å². The van der Waals surface area contributed by atoms with Crippen LogP contribution in [0.25, 0.3) is 10.9 Å². The van der Waals surface area contributed by atoms with Gasteiger partial charge in [-0.15, -0.1) is 0 Å². The molecule has 1 aromatic heterocycles. The molecule has 7 heteroatoms. The van der Waals surface area contributed by atoms with Gasteiger partial charge < -0.3 is 19.7 Å². The summed E-state index contributed by atoms with van der Waals surface area (Å²) in [5, 5.41) is 20.7. The number of carbonyl (C=O) groups excluding carboxylic acids is 1. The number of hydrogen-bond donors (Lipinski definition) is 2. The number of anilines is 1. The smallest absolute Gasteiger partial charge is 0.409 e. The third kappa shape index (κ3) is 2.10. The second kappa shape index (κ2) is 4.93. The Morgan fingerprint density at radius 2 is 2.24 bits per heavy atom. The second-order valence-corrected chi connectivity index (χ2v) is 5.08. The fourth-order valence-electron chi connectivity index (χ4n) is 2.81. The van der Waals surface area contributed by atoms with Crippen LogP contribution in [0.4, 0.5) is 5.69 Å². The highest BCUT2D eigenvalue weighted by atomic mass is 16.5. The molecule has 0 unspecified atom stereocenters. The van der Waals surface area contributed by atoms with Crippen LogP contribution in [-0.2, 0) is 11.2 Å². The molecule has 0 atom stereocenters. The van der Waals surface area contributed by atoms with Gasteiger partial charge in [0.15, 0.2) is 0 Å². The van der Waals surface area contributed by atoms with Crippen LogP contribution in [0.1, 0.15) is 15.9 Å². The molecule has 1 aliphatic heterocycles. The Labute approximate surface area is 122 Å². The number of carbonyl (C=O) groups is 1. The van der Waals surface area contributed by atoms with Crippen LogP contribution in [0.2, 0.25) is 6.82 Å². The van der Waals surface area contributed by atoms with Gasteiger partial charge in [-0.25, -0.2) is 4.79 Å². The molecule has 0 fully saturated rings. The van der Waals surface area contributed by atoms with E-state index in [-0.39, 0.29) is 5.75 Å². The molecule has 1 aromatic carbocycles. The van der Waals surface area contributed by atoms with Gasteiger partial charge in [0.2, 0.25) is 0 Å². The Morgan fingerprint density at radius 1 is 1.48 bits per heavy atom. The van der Waals surface area contributed by atoms with E-state index in [1.807, 2.05) is 0 Å². The van der Waals surface area contributed by atoms with Crippen molar-refractivity contribution in [2.75, 3.05) is 18.5 Å². The number of aromatic hydroxyl groups is 1. The third-order valence-electron chi connectivity index (χ3n) is 3.82. The number of pyridine rings is 1. The Bertz CT molecular complexity index is 732. The predicted octanol–water partition coefficient (Wildman–Crippen LogP) is 1.20. The van der Waals surface area contributed by atoms with E-state index in [2.05, 4.69) is 4.98 Å². The average Bonchev–Trinajstić information content (AvgIpc) is 2.90. The van der Waals surface area contributed by atoms with Crippen molar-refractivity contribution < 1.29 is 19.7 Å². The molecule has 2 heterocycles. The minimum Gasteiger partial charge on any atom is -0.506 e. The van der Waals surface area contributed by atoms with Gasteiger partial charge in [0.25, 0.3) is 0 Å². The zero-order valence-electron chi connectivity index (χ0n) is 11.8. The van der Waals surface area contributed by atoms with E-state index in [1.54, 1.807) is 23.8 Å². The van der Waals surface area contributed by atoms with E-state index < -0.39 is 13.0 Å². The predicted molar refractivity (Wildman–Crippen MR) is 79.6 cm³/mol. The number of phenolic OH excluding ortho intramolecular Hbond substituents is 1. The third-order valence-corrected chi connectivity index (χ3v) is 3.82. The number of benzene rings is 1. The minimum absolute atomic E-state index is 0.0349. The molecule has 0 radical (unpaired) electrons. The number of methoxy groups -OCH3 is 1. The largest absolute Gasteiger partial charge is 0.506 e. The molecule has 0 aliphatic carbocycles. The average molecular weight is 286 g/mol. The lowest BCUT2D eigenvalue weighted by atomic mass is 9.85. The summed E-state index contributed by atoms with van der Waals surface area (Å²) in [6, 6.07) is 3.29. The van der Waals surface area contributed by atoms with Crippen molar-refractivity contribution in [3.05, 3.63) is 29.5 Å². The normalized spacial score (nSPS) is 13.4. The van der Waals surface area contributed by atoms with Crippen molar-refractivity contribution in [3.63, 3.8) is 0 Å². The first-order chi connectivity index (χ1) is 10.0. The van der Waals surface area contributed by atoms with Crippen LogP contribution in [0.15, 0.2) is 18.3 Å². The molecule has 2 N–H and O–H groups in total. The minimum atomic E-state index is -0.639. The molecule has 0 amide bonds. The Balaban J connectivity index is 2.24. The van der Waals surface area contributed by atoms with Crippen molar-refractivity contribution in [1.29, 1.82) is 0 Å². The standard InChI is InChI=1S/C14H15BN2O4/c1-15(20)17-4-3-9-10-5-8(14(19)21-2)7-16-13(10)12(18)6-11(9)17/h5-7,18,20H,3-4H2,1-2H3. The van der Waals surface area contributed by atoms with E-state index in [0.29, 0.717) is 17.6 Å².